The summed E-state index contributed by atoms with van der Waals surface area (Å²) in [7, 11) is 11.0. The van der Waals surface area contributed by atoms with Crippen LogP contribution in [0.15, 0.2) is 158 Å². The second-order valence-electron chi connectivity index (χ2n) is 16.7. The number of rotatable bonds is 8. The van der Waals surface area contributed by atoms with Crippen LogP contribution in [0, 0.1) is 0 Å². The van der Waals surface area contributed by atoms with Crippen LogP contribution in [-0.4, -0.2) is 9.52 Å². The van der Waals surface area contributed by atoms with Gasteiger partial charge in [-0.25, -0.2) is 0 Å². The summed E-state index contributed by atoms with van der Waals surface area (Å²) in [5, 5.41) is 5.42. The number of benzene rings is 6. The summed E-state index contributed by atoms with van der Waals surface area (Å²) in [6.45, 7) is 22.5. The van der Waals surface area contributed by atoms with E-state index in [1.54, 1.807) is 0 Å². The molecule has 0 amide bonds. The Morgan fingerprint density at radius 3 is 1.05 bits per heavy atom. The average molecular weight is 923 g/mol. The summed E-state index contributed by atoms with van der Waals surface area (Å²) in [4.78, 5) is 0. The van der Waals surface area contributed by atoms with Crippen LogP contribution in [-0.2, 0) is 20.8 Å². The molecule has 306 valence electrons. The van der Waals surface area contributed by atoms with Crippen LogP contribution >= 0.6 is 17.0 Å². The fraction of sp³-hybridized carbons (Fsp3) is 0.250. The second-order valence-corrected chi connectivity index (χ2v) is 21.4. The van der Waals surface area contributed by atoms with Crippen LogP contribution in [0.25, 0.3) is 66.1 Å². The van der Waals surface area contributed by atoms with Crippen LogP contribution in [0.1, 0.15) is 101 Å². The van der Waals surface area contributed by atoms with Gasteiger partial charge in [0.25, 0.3) is 0 Å². The fourth-order valence-electron chi connectivity index (χ4n) is 8.03. The maximum absolute atomic E-state index is 4.93. The molecule has 8 aromatic carbocycles. The molecule has 8 rings (SSSR count). The van der Waals surface area contributed by atoms with E-state index in [1.807, 2.05) is 0 Å². The third-order valence-electron chi connectivity index (χ3n) is 11.0. The van der Waals surface area contributed by atoms with Crippen molar-refractivity contribution in [3.8, 4) is 44.5 Å². The van der Waals surface area contributed by atoms with Crippen molar-refractivity contribution in [2.45, 2.75) is 92.2 Å². The van der Waals surface area contributed by atoms with E-state index in [0.29, 0.717) is 23.7 Å². The molecule has 0 unspecified atom stereocenters. The van der Waals surface area contributed by atoms with E-state index in [0.717, 1.165) is 9.52 Å². The molecule has 0 saturated carbocycles. The third kappa shape index (κ3) is 11.4. The zero-order valence-corrected chi connectivity index (χ0v) is 42.0. The normalized spacial score (nSPS) is 10.9. The van der Waals surface area contributed by atoms with Gasteiger partial charge in [0.15, 0.2) is 0 Å². The fourth-order valence-corrected chi connectivity index (χ4v) is 8.03. The van der Waals surface area contributed by atoms with Gasteiger partial charge in [-0.05, 0) is 68.2 Å². The summed E-state index contributed by atoms with van der Waals surface area (Å²) in [6.07, 6.45) is 0. The van der Waals surface area contributed by atoms with Gasteiger partial charge in [0.05, 0.1) is 0 Å². The summed E-state index contributed by atoms with van der Waals surface area (Å²) in [5.74, 6) is 2.04. The zero-order valence-electron chi connectivity index (χ0n) is 37.1. The van der Waals surface area contributed by atoms with Gasteiger partial charge in [0, 0.05) is 9.52 Å². The van der Waals surface area contributed by atoms with Gasteiger partial charge in [-0.1, -0.05) is 201 Å². The summed E-state index contributed by atoms with van der Waals surface area (Å²) >= 11 is -0.826. The number of hydrogen-bond acceptors (Lipinski definition) is 0. The minimum atomic E-state index is -0.826. The Labute approximate surface area is 382 Å². The van der Waals surface area contributed by atoms with Crippen molar-refractivity contribution < 1.29 is 20.8 Å². The molecule has 60 heavy (non-hydrogen) atoms. The molecule has 0 spiro atoms. The van der Waals surface area contributed by atoms with Crippen molar-refractivity contribution in [1.82, 2.24) is 0 Å². The zero-order chi connectivity index (χ0) is 43.3. The molecule has 0 aromatic heterocycles. The van der Waals surface area contributed by atoms with Crippen molar-refractivity contribution in [3.05, 3.63) is 180 Å². The molecule has 0 saturated heterocycles. The molecule has 4 heteroatoms. The average Bonchev–Trinajstić information content (AvgIpc) is 3.90. The van der Waals surface area contributed by atoms with Gasteiger partial charge in [0.2, 0.25) is 0 Å². The van der Waals surface area contributed by atoms with Gasteiger partial charge in [-0.15, -0.1) is 56.9 Å². The molecule has 0 bridgehead atoms. The van der Waals surface area contributed by atoms with E-state index in [2.05, 4.69) is 226 Å². The summed E-state index contributed by atoms with van der Waals surface area (Å²) in [5.41, 5.74) is 16.3. The van der Waals surface area contributed by atoms with Gasteiger partial charge < -0.3 is 0 Å². The third-order valence-corrected chi connectivity index (χ3v) is 11.0. The molecular weight excluding hydrogens is 863 g/mol. The molecule has 0 fully saturated rings. The summed E-state index contributed by atoms with van der Waals surface area (Å²) in [6, 6.07) is 58.0. The van der Waals surface area contributed by atoms with E-state index < -0.39 is 20.8 Å². The van der Waals surface area contributed by atoms with Crippen LogP contribution in [0.5, 0.6) is 0 Å². The SMILES string of the molecule is CC(C)c1cc2c(-c3ccccc3C(C)C)c(-c3ccccc3)ccc2[cH-]1.CC(C)c1cc2c(-c3ccccc3C(C)C)c(-c3ccccc3)ccc2[cH-]1.C[Si]C.[Cl][Zr+2][Cl]. The van der Waals surface area contributed by atoms with E-state index in [-0.39, 0.29) is 0 Å². The van der Waals surface area contributed by atoms with Gasteiger partial charge in [-0.3, -0.25) is 0 Å². The van der Waals surface area contributed by atoms with E-state index in [9.17, 15) is 0 Å². The van der Waals surface area contributed by atoms with Gasteiger partial charge in [0.1, 0.15) is 0 Å². The first-order valence-electron chi connectivity index (χ1n) is 21.3. The van der Waals surface area contributed by atoms with Crippen LogP contribution in [0.4, 0.5) is 0 Å². The maximum atomic E-state index is 4.93. The Balaban J connectivity index is 0.000000201. The number of hydrogen-bond donors (Lipinski definition) is 0. The molecule has 0 aliphatic carbocycles. The molecular formula is C56H60Cl2SiZr. The van der Waals surface area contributed by atoms with Crippen molar-refractivity contribution >= 4 is 48.1 Å². The Hall–Kier alpha value is -3.78. The molecule has 0 heterocycles. The molecule has 2 radical (unpaired) electrons. The Kier molecular flexibility index (Phi) is 18.0. The van der Waals surface area contributed by atoms with Crippen LogP contribution in [0.3, 0.4) is 0 Å². The molecule has 0 nitrogen and oxygen atoms in total. The van der Waals surface area contributed by atoms with Crippen LogP contribution < -0.4 is 0 Å². The Morgan fingerprint density at radius 2 is 0.733 bits per heavy atom. The van der Waals surface area contributed by atoms with Gasteiger partial charge >= 0.3 is 37.9 Å². The number of fused-ring (bicyclic) bond motifs is 2. The first-order valence-corrected chi connectivity index (χ1v) is 29.6. The standard InChI is InChI=1S/2C27H27.C2H6Si.2ClH.Zr/c2*1-18(2)22-16-21-14-15-24(20-10-6-5-7-11-20)27(26(21)17-22)25-13-9-8-12-23(25)19(3)4;1-3-2;;;/h2*5-19H,1-4H3;1-2H3;2*1H;/q2*-1;;;;+4/p-2. The van der Waals surface area contributed by atoms with E-state index >= 15 is 0 Å². The minimum absolute atomic E-state index is 0.486. The van der Waals surface area contributed by atoms with E-state index in [1.165, 1.54) is 88.3 Å². The number of halogens is 2. The topological polar surface area (TPSA) is 0 Å². The predicted molar refractivity (Wildman–Crippen MR) is 266 cm³/mol. The summed E-state index contributed by atoms with van der Waals surface area (Å²) < 4.78 is 0. The van der Waals surface area contributed by atoms with Gasteiger partial charge in [-0.2, -0.15) is 12.1 Å². The molecule has 0 aliphatic heterocycles. The van der Waals surface area contributed by atoms with Crippen molar-refractivity contribution in [1.29, 1.82) is 0 Å². The molecule has 0 N–H and O–H groups in total. The van der Waals surface area contributed by atoms with Crippen molar-refractivity contribution in [3.63, 3.8) is 0 Å². The van der Waals surface area contributed by atoms with Crippen molar-refractivity contribution in [2.24, 2.45) is 0 Å². The first-order chi connectivity index (χ1) is 28.9. The second kappa shape index (κ2) is 22.9. The van der Waals surface area contributed by atoms with E-state index in [4.69, 9.17) is 17.0 Å². The molecule has 0 atom stereocenters. The quantitative estimate of drug-likeness (QED) is 0.105. The Bertz CT molecular complexity index is 2360. The molecule has 0 aliphatic rings. The first kappa shape index (κ1) is 47.3. The predicted octanol–water partition coefficient (Wildman–Crippen LogP) is 18.4. The van der Waals surface area contributed by atoms with Crippen LogP contribution in [0.2, 0.25) is 13.1 Å². The molecule has 8 aromatic rings. The monoisotopic (exact) mass is 920 g/mol. The Morgan fingerprint density at radius 1 is 0.417 bits per heavy atom. The van der Waals surface area contributed by atoms with Crippen molar-refractivity contribution in [2.75, 3.05) is 0 Å².